The highest BCUT2D eigenvalue weighted by molar-refractivity contribution is 5.15. The molecule has 0 bridgehead atoms. The lowest BCUT2D eigenvalue weighted by Crippen LogP contribution is -2.44. The molecular weight excluding hydrogens is 316 g/mol. The van der Waals surface area contributed by atoms with Gasteiger partial charge in [0, 0.05) is 32.0 Å². The minimum Gasteiger partial charge on any atom is -0.374 e. The predicted octanol–water partition coefficient (Wildman–Crippen LogP) is 1.42. The predicted molar refractivity (Wildman–Crippen MR) is 92.8 cm³/mol. The Balaban J connectivity index is 1.38. The summed E-state index contributed by atoms with van der Waals surface area (Å²) in [5.41, 5.74) is 1.28. The van der Waals surface area contributed by atoms with Crippen molar-refractivity contribution in [3.63, 3.8) is 0 Å². The molecule has 0 saturated carbocycles. The molecule has 4 rings (SSSR count). The third-order valence-corrected chi connectivity index (χ3v) is 4.44. The van der Waals surface area contributed by atoms with Gasteiger partial charge in [0.2, 0.25) is 0 Å². The lowest BCUT2D eigenvalue weighted by atomic mass is 10.2. The first kappa shape index (κ1) is 16.0. The third kappa shape index (κ3) is 4.12. The molecule has 0 amide bonds. The van der Waals surface area contributed by atoms with E-state index in [-0.39, 0.29) is 6.10 Å². The highest BCUT2D eigenvalue weighted by Gasteiger charge is 2.22. The van der Waals surface area contributed by atoms with Crippen LogP contribution in [0.3, 0.4) is 0 Å². The molecule has 0 N–H and O–H groups in total. The minimum atomic E-state index is 0.132. The van der Waals surface area contributed by atoms with Crippen molar-refractivity contribution in [1.29, 1.82) is 0 Å². The van der Waals surface area contributed by atoms with Crippen LogP contribution in [0.1, 0.15) is 11.4 Å². The normalized spacial score (nSPS) is 18.5. The smallest absolute Gasteiger partial charge is 0.137 e. The van der Waals surface area contributed by atoms with Crippen molar-refractivity contribution in [3.8, 4) is 0 Å². The lowest BCUT2D eigenvalue weighted by Gasteiger charge is -2.32. The van der Waals surface area contributed by atoms with Gasteiger partial charge in [-0.05, 0) is 5.56 Å². The Kier molecular flexibility index (Phi) is 4.85. The van der Waals surface area contributed by atoms with Gasteiger partial charge in [0.25, 0.3) is 0 Å². The Bertz CT molecular complexity index is 770. The number of imidazole rings is 1. The van der Waals surface area contributed by atoms with E-state index in [1.807, 2.05) is 16.9 Å². The first-order chi connectivity index (χ1) is 12.4. The lowest BCUT2D eigenvalue weighted by molar-refractivity contribution is -0.0411. The van der Waals surface area contributed by atoms with Gasteiger partial charge in [0.05, 0.1) is 25.8 Å². The van der Waals surface area contributed by atoms with Gasteiger partial charge < -0.3 is 9.30 Å². The van der Waals surface area contributed by atoms with Gasteiger partial charge >= 0.3 is 0 Å². The molecule has 2 aromatic heterocycles. The van der Waals surface area contributed by atoms with Crippen molar-refractivity contribution in [2.24, 2.45) is 0 Å². The number of nitrogens with zero attached hydrogens (tertiary/aromatic N) is 6. The number of hydrogen-bond donors (Lipinski definition) is 0. The van der Waals surface area contributed by atoms with Gasteiger partial charge in [-0.2, -0.15) is 5.10 Å². The molecule has 1 unspecified atom stereocenters. The van der Waals surface area contributed by atoms with E-state index >= 15 is 0 Å². The van der Waals surface area contributed by atoms with E-state index in [1.165, 1.54) is 5.56 Å². The second-order valence-electron chi connectivity index (χ2n) is 6.30. The maximum absolute atomic E-state index is 5.87. The summed E-state index contributed by atoms with van der Waals surface area (Å²) in [6.07, 6.45) is 7.35. The number of benzene rings is 1. The van der Waals surface area contributed by atoms with Gasteiger partial charge in [0.15, 0.2) is 0 Å². The molecule has 0 aliphatic carbocycles. The molecule has 1 aromatic carbocycles. The molecule has 3 heterocycles. The SMILES string of the molecule is c1ccc(Cn2ccnc2CN2CCOC(Cn3cncn3)C2)cc1. The minimum absolute atomic E-state index is 0.132. The van der Waals surface area contributed by atoms with Gasteiger partial charge in [-0.15, -0.1) is 0 Å². The van der Waals surface area contributed by atoms with Crippen molar-refractivity contribution >= 4 is 0 Å². The van der Waals surface area contributed by atoms with Crippen LogP contribution >= 0.6 is 0 Å². The monoisotopic (exact) mass is 338 g/mol. The first-order valence-electron chi connectivity index (χ1n) is 8.57. The number of aromatic nitrogens is 5. The Labute approximate surface area is 146 Å². The van der Waals surface area contributed by atoms with Gasteiger partial charge in [-0.3, -0.25) is 9.58 Å². The van der Waals surface area contributed by atoms with Gasteiger partial charge in [-0.25, -0.2) is 9.97 Å². The van der Waals surface area contributed by atoms with E-state index < -0.39 is 0 Å². The van der Waals surface area contributed by atoms with E-state index in [9.17, 15) is 0 Å². The van der Waals surface area contributed by atoms with Crippen LogP contribution in [-0.2, 0) is 24.4 Å². The van der Waals surface area contributed by atoms with Crippen molar-refractivity contribution in [2.45, 2.75) is 25.7 Å². The van der Waals surface area contributed by atoms with Crippen LogP contribution in [0.25, 0.3) is 0 Å². The first-order valence-corrected chi connectivity index (χ1v) is 8.57. The van der Waals surface area contributed by atoms with E-state index in [1.54, 1.807) is 12.7 Å². The summed E-state index contributed by atoms with van der Waals surface area (Å²) in [6.45, 7) is 4.94. The van der Waals surface area contributed by atoms with E-state index in [0.29, 0.717) is 0 Å². The van der Waals surface area contributed by atoms with Crippen molar-refractivity contribution in [3.05, 3.63) is 66.8 Å². The molecule has 0 radical (unpaired) electrons. The highest BCUT2D eigenvalue weighted by atomic mass is 16.5. The molecule has 7 heteroatoms. The van der Waals surface area contributed by atoms with Crippen LogP contribution in [-0.4, -0.2) is 55.0 Å². The Morgan fingerprint density at radius 3 is 2.92 bits per heavy atom. The van der Waals surface area contributed by atoms with E-state index in [0.717, 1.165) is 45.2 Å². The Morgan fingerprint density at radius 1 is 1.16 bits per heavy atom. The molecule has 1 aliphatic rings. The van der Waals surface area contributed by atoms with Crippen LogP contribution in [0.4, 0.5) is 0 Å². The maximum Gasteiger partial charge on any atom is 0.137 e. The van der Waals surface area contributed by atoms with Crippen molar-refractivity contribution < 1.29 is 4.74 Å². The third-order valence-electron chi connectivity index (χ3n) is 4.44. The number of ether oxygens (including phenoxy) is 1. The number of morpholine rings is 1. The number of hydrogen-bond acceptors (Lipinski definition) is 5. The molecule has 0 spiro atoms. The van der Waals surface area contributed by atoms with Crippen molar-refractivity contribution in [1.82, 2.24) is 29.2 Å². The quantitative estimate of drug-likeness (QED) is 0.680. The molecule has 1 saturated heterocycles. The van der Waals surface area contributed by atoms with Gasteiger partial charge in [0.1, 0.15) is 18.5 Å². The van der Waals surface area contributed by atoms with Crippen LogP contribution in [0.2, 0.25) is 0 Å². The Morgan fingerprint density at radius 2 is 2.08 bits per heavy atom. The van der Waals surface area contributed by atoms with E-state index in [2.05, 4.69) is 55.0 Å². The van der Waals surface area contributed by atoms with Crippen LogP contribution < -0.4 is 0 Å². The zero-order chi connectivity index (χ0) is 16.9. The van der Waals surface area contributed by atoms with Crippen LogP contribution in [0.5, 0.6) is 0 Å². The average molecular weight is 338 g/mol. The zero-order valence-electron chi connectivity index (χ0n) is 14.1. The molecule has 1 aliphatic heterocycles. The topological polar surface area (TPSA) is 61.0 Å². The highest BCUT2D eigenvalue weighted by Crippen LogP contribution is 2.12. The second-order valence-corrected chi connectivity index (χ2v) is 6.30. The molecule has 3 aromatic rings. The van der Waals surface area contributed by atoms with Gasteiger partial charge in [-0.1, -0.05) is 30.3 Å². The van der Waals surface area contributed by atoms with E-state index in [4.69, 9.17) is 4.74 Å². The second kappa shape index (κ2) is 7.58. The molecule has 130 valence electrons. The summed E-state index contributed by atoms with van der Waals surface area (Å²) in [7, 11) is 0. The fraction of sp³-hybridized carbons (Fsp3) is 0.389. The largest absolute Gasteiger partial charge is 0.374 e. The summed E-state index contributed by atoms with van der Waals surface area (Å²) in [5.74, 6) is 1.09. The molecule has 1 atom stereocenters. The molecule has 7 nitrogen and oxygen atoms in total. The molecule has 1 fully saturated rings. The van der Waals surface area contributed by atoms with Crippen molar-refractivity contribution in [2.75, 3.05) is 19.7 Å². The zero-order valence-corrected chi connectivity index (χ0v) is 14.1. The standard InChI is InChI=1S/C18H22N6O/c1-2-4-16(5-3-1)10-23-7-6-20-18(23)13-22-8-9-25-17(11-22)12-24-15-19-14-21-24/h1-7,14-15,17H,8-13H2. The summed E-state index contributed by atoms with van der Waals surface area (Å²) < 4.78 is 9.91. The fourth-order valence-corrected chi connectivity index (χ4v) is 3.19. The summed E-state index contributed by atoms with van der Waals surface area (Å²) in [4.78, 5) is 10.9. The average Bonchev–Trinajstić information content (AvgIpc) is 3.29. The Hall–Kier alpha value is -2.51. The fourth-order valence-electron chi connectivity index (χ4n) is 3.19. The van der Waals surface area contributed by atoms with Crippen LogP contribution in [0, 0.1) is 0 Å². The summed E-state index contributed by atoms with van der Waals surface area (Å²) >= 11 is 0. The number of rotatable bonds is 6. The van der Waals surface area contributed by atoms with Crippen LogP contribution in [0.15, 0.2) is 55.4 Å². The molecule has 25 heavy (non-hydrogen) atoms. The maximum atomic E-state index is 5.87. The molecular formula is C18H22N6O. The summed E-state index contributed by atoms with van der Waals surface area (Å²) in [6, 6.07) is 10.5. The summed E-state index contributed by atoms with van der Waals surface area (Å²) in [5, 5.41) is 4.16.